The number of amidine groups is 1. The van der Waals surface area contributed by atoms with Crippen molar-refractivity contribution in [2.45, 2.75) is 49.5 Å². The number of rotatable bonds is 7. The Morgan fingerprint density at radius 3 is 2.79 bits per heavy atom. The topological polar surface area (TPSA) is 90.5 Å². The average Bonchev–Trinajstić information content (AvgIpc) is 3.52. The van der Waals surface area contributed by atoms with E-state index in [9.17, 15) is 18.0 Å². The number of halogens is 3. The molecule has 0 spiro atoms. The zero-order valence-electron chi connectivity index (χ0n) is 17.9. The minimum Gasteiger partial charge on any atom is -0.460 e. The molecule has 1 aromatic heterocycles. The normalized spacial score (nSPS) is 26.7. The number of benzene rings is 1. The maximum atomic E-state index is 14.8. The molecule has 10 heteroatoms. The molecule has 0 bridgehead atoms. The standard InChI is InChI=1S/C23H21F3N4O2S/c1-4-12(2)32-19-11-28-16(10-29-19)17(31)8-13-5-6-15(24)14(7-13)22(3)18-9-23(18,20(25)26)33-21(27)30-22/h1,5-7,10-12,18,20H,8-9H2,2-3H3,(H2,27,30)/t12-,18-,22+,23-/m0/s1. The van der Waals surface area contributed by atoms with Crippen molar-refractivity contribution in [3.05, 3.63) is 53.2 Å². The lowest BCUT2D eigenvalue weighted by atomic mass is 9.84. The first-order valence-corrected chi connectivity index (χ1v) is 11.0. The first-order valence-electron chi connectivity index (χ1n) is 10.2. The van der Waals surface area contributed by atoms with Gasteiger partial charge < -0.3 is 10.5 Å². The van der Waals surface area contributed by atoms with Crippen molar-refractivity contribution < 1.29 is 22.7 Å². The minimum atomic E-state index is -2.61. The second-order valence-electron chi connectivity index (χ2n) is 8.29. The molecule has 4 rings (SSSR count). The molecule has 1 aromatic carbocycles. The summed E-state index contributed by atoms with van der Waals surface area (Å²) in [4.78, 5) is 25.2. The van der Waals surface area contributed by atoms with Crippen LogP contribution in [0.4, 0.5) is 13.2 Å². The highest BCUT2D eigenvalue weighted by atomic mass is 32.2. The Morgan fingerprint density at radius 2 is 2.15 bits per heavy atom. The van der Waals surface area contributed by atoms with Gasteiger partial charge in [0.25, 0.3) is 6.43 Å². The number of ether oxygens (including phenoxy) is 1. The van der Waals surface area contributed by atoms with Crippen molar-refractivity contribution in [3.63, 3.8) is 0 Å². The number of aliphatic imine (C=N–C) groups is 1. The van der Waals surface area contributed by atoms with Crippen molar-refractivity contribution >= 4 is 22.7 Å². The fraction of sp³-hybridized carbons (Fsp3) is 0.391. The molecule has 0 amide bonds. The lowest BCUT2D eigenvalue weighted by Gasteiger charge is -2.34. The van der Waals surface area contributed by atoms with Gasteiger partial charge in [-0.15, -0.1) is 6.42 Å². The van der Waals surface area contributed by atoms with Crippen LogP contribution in [0.3, 0.4) is 0 Å². The van der Waals surface area contributed by atoms with E-state index in [0.29, 0.717) is 5.56 Å². The molecule has 2 aliphatic rings. The van der Waals surface area contributed by atoms with Crippen LogP contribution in [0.25, 0.3) is 0 Å². The van der Waals surface area contributed by atoms with Crippen molar-refractivity contribution in [1.29, 1.82) is 0 Å². The van der Waals surface area contributed by atoms with Gasteiger partial charge in [0.1, 0.15) is 11.5 Å². The van der Waals surface area contributed by atoms with Crippen molar-refractivity contribution in [2.24, 2.45) is 16.6 Å². The van der Waals surface area contributed by atoms with Gasteiger partial charge in [-0.05, 0) is 38.0 Å². The number of alkyl halides is 2. The third-order valence-corrected chi connectivity index (χ3v) is 7.33. The molecule has 1 fully saturated rings. The van der Waals surface area contributed by atoms with Gasteiger partial charge in [0.2, 0.25) is 5.88 Å². The Hall–Kier alpha value is -3.06. The number of thioether (sulfide) groups is 1. The van der Waals surface area contributed by atoms with E-state index < -0.39 is 34.6 Å². The summed E-state index contributed by atoms with van der Waals surface area (Å²) in [5.41, 5.74) is 5.34. The van der Waals surface area contributed by atoms with E-state index in [0.717, 1.165) is 11.8 Å². The SMILES string of the molecule is C#C[C@H](C)Oc1cnc(C(=O)Cc2ccc(F)c([C@@]3(C)N=C(N)S[C@@]4(C(F)F)C[C@@H]34)c2)cn1. The van der Waals surface area contributed by atoms with Gasteiger partial charge in [0.05, 0.1) is 22.7 Å². The first kappa shape index (κ1) is 23.1. The van der Waals surface area contributed by atoms with Crippen molar-refractivity contribution in [1.82, 2.24) is 9.97 Å². The molecule has 172 valence electrons. The Bertz CT molecular complexity index is 1170. The molecule has 0 unspecified atom stereocenters. The number of terminal acetylenes is 1. The highest BCUT2D eigenvalue weighted by Crippen LogP contribution is 2.68. The zero-order valence-corrected chi connectivity index (χ0v) is 18.7. The van der Waals surface area contributed by atoms with Crippen molar-refractivity contribution in [3.8, 4) is 18.2 Å². The number of hydrogen-bond acceptors (Lipinski definition) is 7. The predicted molar refractivity (Wildman–Crippen MR) is 119 cm³/mol. The summed E-state index contributed by atoms with van der Waals surface area (Å²) >= 11 is 0.857. The Balaban J connectivity index is 1.57. The monoisotopic (exact) mass is 474 g/mol. The average molecular weight is 475 g/mol. The largest absolute Gasteiger partial charge is 0.460 e. The molecule has 0 saturated heterocycles. The van der Waals surface area contributed by atoms with Gasteiger partial charge in [-0.3, -0.25) is 9.79 Å². The van der Waals surface area contributed by atoms with Crippen molar-refractivity contribution in [2.75, 3.05) is 0 Å². The van der Waals surface area contributed by atoms with E-state index in [-0.39, 0.29) is 40.9 Å². The van der Waals surface area contributed by atoms with Gasteiger partial charge in [0.15, 0.2) is 17.1 Å². The number of aromatic nitrogens is 2. The molecular formula is C23H21F3N4O2S. The summed E-state index contributed by atoms with van der Waals surface area (Å²) in [7, 11) is 0. The second kappa shape index (κ2) is 8.37. The quantitative estimate of drug-likeness (QED) is 0.486. The number of fused-ring (bicyclic) bond motifs is 1. The predicted octanol–water partition coefficient (Wildman–Crippen LogP) is 3.74. The van der Waals surface area contributed by atoms with Crippen LogP contribution < -0.4 is 10.5 Å². The third kappa shape index (κ3) is 4.17. The van der Waals surface area contributed by atoms with E-state index in [1.807, 2.05) is 0 Å². The minimum absolute atomic E-state index is 0.00386. The number of nitrogens with zero attached hydrogens (tertiary/aromatic N) is 3. The Kier molecular flexibility index (Phi) is 5.86. The van der Waals surface area contributed by atoms with Crippen LogP contribution in [-0.2, 0) is 12.0 Å². The fourth-order valence-corrected chi connectivity index (χ4v) is 5.52. The number of hydrogen-bond donors (Lipinski definition) is 1. The summed E-state index contributed by atoms with van der Waals surface area (Å²) in [6.07, 6.45) is 4.82. The number of carbonyl (C=O) groups is 1. The smallest absolute Gasteiger partial charge is 0.253 e. The summed E-state index contributed by atoms with van der Waals surface area (Å²) in [6.45, 7) is 3.28. The molecule has 33 heavy (non-hydrogen) atoms. The van der Waals surface area contributed by atoms with Gasteiger partial charge in [-0.25, -0.2) is 23.1 Å². The summed E-state index contributed by atoms with van der Waals surface area (Å²) in [5, 5.41) is 0.00386. The molecule has 1 aliphatic heterocycles. The lowest BCUT2D eigenvalue weighted by Crippen LogP contribution is -2.39. The van der Waals surface area contributed by atoms with E-state index in [1.165, 1.54) is 30.6 Å². The van der Waals surface area contributed by atoms with Crippen LogP contribution in [0.5, 0.6) is 5.88 Å². The van der Waals surface area contributed by atoms with Gasteiger partial charge in [0, 0.05) is 17.9 Å². The zero-order chi connectivity index (χ0) is 24.0. The molecule has 6 nitrogen and oxygen atoms in total. The van der Waals surface area contributed by atoms with Crippen LogP contribution in [0.2, 0.25) is 0 Å². The molecule has 1 saturated carbocycles. The highest BCUT2D eigenvalue weighted by Gasteiger charge is 2.71. The van der Waals surface area contributed by atoms with E-state index in [4.69, 9.17) is 16.9 Å². The Morgan fingerprint density at radius 1 is 1.39 bits per heavy atom. The van der Waals surface area contributed by atoms with Crippen LogP contribution >= 0.6 is 11.8 Å². The van der Waals surface area contributed by atoms with Gasteiger partial charge in [-0.1, -0.05) is 23.7 Å². The second-order valence-corrected chi connectivity index (χ2v) is 9.68. The summed E-state index contributed by atoms with van der Waals surface area (Å²) in [6, 6.07) is 4.18. The molecule has 1 aliphatic carbocycles. The van der Waals surface area contributed by atoms with Crippen LogP contribution in [-0.4, -0.2) is 38.2 Å². The highest BCUT2D eigenvalue weighted by molar-refractivity contribution is 8.15. The molecule has 2 heterocycles. The number of Topliss-reactive ketones (excluding diaryl/α,β-unsaturated/α-hetero) is 1. The van der Waals surface area contributed by atoms with Crippen LogP contribution in [0.15, 0.2) is 35.6 Å². The maximum absolute atomic E-state index is 14.8. The number of carbonyl (C=O) groups excluding carboxylic acids is 1. The third-order valence-electron chi connectivity index (χ3n) is 6.02. The lowest BCUT2D eigenvalue weighted by molar-refractivity contribution is 0.0987. The molecule has 0 radical (unpaired) electrons. The van der Waals surface area contributed by atoms with E-state index in [1.54, 1.807) is 13.8 Å². The molecule has 2 aromatic rings. The summed E-state index contributed by atoms with van der Waals surface area (Å²) in [5.74, 6) is 1.08. The molecule has 4 atom stereocenters. The number of ketones is 1. The van der Waals surface area contributed by atoms with Crippen LogP contribution in [0.1, 0.15) is 41.9 Å². The van der Waals surface area contributed by atoms with E-state index in [2.05, 4.69) is 20.9 Å². The fourth-order valence-electron chi connectivity index (χ4n) is 4.19. The van der Waals surface area contributed by atoms with Gasteiger partial charge in [-0.2, -0.15) is 0 Å². The molecule has 2 N–H and O–H groups in total. The summed E-state index contributed by atoms with van der Waals surface area (Å²) < 4.78 is 46.3. The van der Waals surface area contributed by atoms with E-state index >= 15 is 0 Å². The maximum Gasteiger partial charge on any atom is 0.253 e. The first-order chi connectivity index (χ1) is 15.6. The van der Waals surface area contributed by atoms with Gasteiger partial charge >= 0.3 is 0 Å². The molecular weight excluding hydrogens is 453 g/mol. The number of nitrogens with two attached hydrogens (primary N) is 1. The van der Waals surface area contributed by atoms with Crippen LogP contribution in [0, 0.1) is 24.1 Å². The Labute approximate surface area is 193 Å².